The van der Waals surface area contributed by atoms with E-state index < -0.39 is 0 Å². The highest BCUT2D eigenvalue weighted by molar-refractivity contribution is 6.26. The van der Waals surface area contributed by atoms with Crippen molar-refractivity contribution in [3.8, 4) is 22.3 Å². The zero-order valence-corrected chi connectivity index (χ0v) is 21.1. The number of benzene rings is 7. The summed E-state index contributed by atoms with van der Waals surface area (Å²) in [6.07, 6.45) is 0. The molecule has 7 aromatic rings. The molecule has 0 fully saturated rings. The monoisotopic (exact) mass is 480 g/mol. The van der Waals surface area contributed by atoms with E-state index in [1.165, 1.54) is 82.4 Å². The first-order valence-electron chi connectivity index (χ1n) is 13.5. The Labute approximate surface area is 221 Å². The Morgan fingerprint density at radius 3 is 1.39 bits per heavy atom. The van der Waals surface area contributed by atoms with Crippen LogP contribution in [0, 0.1) is 6.92 Å². The Kier molecular flexibility index (Phi) is 3.75. The molecule has 9 rings (SSSR count). The topological polar surface area (TPSA) is 0 Å². The third kappa shape index (κ3) is 2.28. The maximum Gasteiger partial charge on any atom is 0.0725 e. The molecule has 0 radical (unpaired) electrons. The second-order valence-electron chi connectivity index (χ2n) is 10.9. The Balaban J connectivity index is 1.53. The van der Waals surface area contributed by atoms with Crippen LogP contribution in [0.3, 0.4) is 0 Å². The van der Waals surface area contributed by atoms with Crippen LogP contribution in [0.2, 0.25) is 0 Å². The number of fused-ring (bicyclic) bond motifs is 16. The quantitative estimate of drug-likeness (QED) is 0.189. The number of hydrogen-bond acceptors (Lipinski definition) is 0. The molecule has 1 spiro atoms. The van der Waals surface area contributed by atoms with E-state index in [0.29, 0.717) is 0 Å². The van der Waals surface area contributed by atoms with Gasteiger partial charge in [-0.05, 0) is 95.9 Å². The first kappa shape index (κ1) is 20.4. The van der Waals surface area contributed by atoms with Gasteiger partial charge in [0, 0.05) is 0 Å². The van der Waals surface area contributed by atoms with Crippen LogP contribution in [-0.4, -0.2) is 0 Å². The lowest BCUT2D eigenvalue weighted by Gasteiger charge is -2.30. The van der Waals surface area contributed by atoms with Gasteiger partial charge in [-0.2, -0.15) is 0 Å². The molecule has 0 N–H and O–H groups in total. The van der Waals surface area contributed by atoms with E-state index in [4.69, 9.17) is 0 Å². The molecular formula is C38H24. The summed E-state index contributed by atoms with van der Waals surface area (Å²) in [6, 6.07) is 48.1. The zero-order chi connectivity index (χ0) is 25.0. The van der Waals surface area contributed by atoms with Gasteiger partial charge >= 0.3 is 0 Å². The summed E-state index contributed by atoms with van der Waals surface area (Å²) in [7, 11) is 0. The van der Waals surface area contributed by atoms with Crippen LogP contribution in [0.25, 0.3) is 54.6 Å². The molecule has 0 amide bonds. The van der Waals surface area contributed by atoms with Crippen LogP contribution in [0.1, 0.15) is 27.8 Å². The van der Waals surface area contributed by atoms with Gasteiger partial charge in [0.2, 0.25) is 0 Å². The minimum Gasteiger partial charge on any atom is -0.0619 e. The lowest BCUT2D eigenvalue weighted by molar-refractivity contribution is 0.795. The minimum atomic E-state index is -0.310. The fraction of sp³-hybridized carbons (Fsp3) is 0.0526. The third-order valence-electron chi connectivity index (χ3n) is 9.11. The molecule has 38 heavy (non-hydrogen) atoms. The fourth-order valence-electron chi connectivity index (χ4n) is 7.65. The molecule has 2 aliphatic rings. The first-order chi connectivity index (χ1) is 18.8. The molecule has 0 aliphatic heterocycles. The van der Waals surface area contributed by atoms with Gasteiger partial charge < -0.3 is 0 Å². The second-order valence-corrected chi connectivity index (χ2v) is 10.9. The Morgan fingerprint density at radius 1 is 0.342 bits per heavy atom. The van der Waals surface area contributed by atoms with Gasteiger partial charge in [0.05, 0.1) is 5.41 Å². The molecule has 7 aromatic carbocycles. The van der Waals surface area contributed by atoms with Crippen molar-refractivity contribution in [1.82, 2.24) is 0 Å². The van der Waals surface area contributed by atoms with Crippen molar-refractivity contribution in [1.29, 1.82) is 0 Å². The molecule has 0 nitrogen and oxygen atoms in total. The lowest BCUT2D eigenvalue weighted by atomic mass is 9.70. The molecule has 176 valence electrons. The van der Waals surface area contributed by atoms with Gasteiger partial charge in [-0.1, -0.05) is 121 Å². The van der Waals surface area contributed by atoms with Crippen LogP contribution in [-0.2, 0) is 5.41 Å². The summed E-state index contributed by atoms with van der Waals surface area (Å²) in [4.78, 5) is 0. The molecule has 0 bridgehead atoms. The smallest absolute Gasteiger partial charge is 0.0619 e. The van der Waals surface area contributed by atoms with Crippen molar-refractivity contribution in [3.63, 3.8) is 0 Å². The SMILES string of the molecule is Cc1ccc2c(c1)c1ccccc1c1cc3c(cc21)C1(c2ccccc2-c2ccccc21)c1ccccc1-3. The van der Waals surface area contributed by atoms with E-state index in [1.807, 2.05) is 0 Å². The summed E-state index contributed by atoms with van der Waals surface area (Å²) >= 11 is 0. The third-order valence-corrected chi connectivity index (χ3v) is 9.11. The summed E-state index contributed by atoms with van der Waals surface area (Å²) in [5, 5.41) is 8.00. The van der Waals surface area contributed by atoms with E-state index in [1.54, 1.807) is 0 Å². The van der Waals surface area contributed by atoms with Crippen LogP contribution in [0.15, 0.2) is 127 Å². The van der Waals surface area contributed by atoms with E-state index in [-0.39, 0.29) is 5.41 Å². The Morgan fingerprint density at radius 2 is 0.789 bits per heavy atom. The molecule has 0 saturated heterocycles. The van der Waals surface area contributed by atoms with E-state index in [2.05, 4.69) is 134 Å². The molecule has 0 aromatic heterocycles. The lowest BCUT2D eigenvalue weighted by Crippen LogP contribution is -2.25. The van der Waals surface area contributed by atoms with Gasteiger partial charge in [-0.15, -0.1) is 0 Å². The van der Waals surface area contributed by atoms with Crippen LogP contribution in [0.5, 0.6) is 0 Å². The fourth-order valence-corrected chi connectivity index (χ4v) is 7.65. The normalized spacial score (nSPS) is 14.1. The van der Waals surface area contributed by atoms with E-state index in [9.17, 15) is 0 Å². The Bertz CT molecular complexity index is 2100. The summed E-state index contributed by atoms with van der Waals surface area (Å²) in [5.41, 5.74) is 12.0. The van der Waals surface area contributed by atoms with Gasteiger partial charge in [0.25, 0.3) is 0 Å². The van der Waals surface area contributed by atoms with Gasteiger partial charge in [-0.25, -0.2) is 0 Å². The molecule has 0 heteroatoms. The van der Waals surface area contributed by atoms with Gasteiger partial charge in [-0.3, -0.25) is 0 Å². The summed E-state index contributed by atoms with van der Waals surface area (Å²) in [5.74, 6) is 0. The molecule has 0 heterocycles. The van der Waals surface area contributed by atoms with Crippen LogP contribution in [0.4, 0.5) is 0 Å². The second kappa shape index (κ2) is 7.00. The van der Waals surface area contributed by atoms with Gasteiger partial charge in [0.1, 0.15) is 0 Å². The molecular weight excluding hydrogens is 456 g/mol. The van der Waals surface area contributed by atoms with Crippen molar-refractivity contribution >= 4 is 32.3 Å². The highest BCUT2D eigenvalue weighted by Gasteiger charge is 2.51. The maximum atomic E-state index is 2.54. The standard InChI is InChI=1S/C38H24/c1-23-18-19-26-30(20-23)24-10-2-3-11-25(24)31-21-33-29-14-6-9-17-36(29)38(37(33)22-32(26)31)34-15-7-4-12-27(34)28-13-5-8-16-35(28)38/h2-22H,1H3. The van der Waals surface area contributed by atoms with Crippen LogP contribution >= 0.6 is 0 Å². The average molecular weight is 481 g/mol. The van der Waals surface area contributed by atoms with Crippen molar-refractivity contribution in [2.45, 2.75) is 12.3 Å². The van der Waals surface area contributed by atoms with E-state index >= 15 is 0 Å². The summed E-state index contributed by atoms with van der Waals surface area (Å²) in [6.45, 7) is 2.19. The zero-order valence-electron chi connectivity index (χ0n) is 21.1. The van der Waals surface area contributed by atoms with Gasteiger partial charge in [0.15, 0.2) is 0 Å². The highest BCUT2D eigenvalue weighted by Crippen LogP contribution is 2.63. The van der Waals surface area contributed by atoms with Crippen molar-refractivity contribution < 1.29 is 0 Å². The van der Waals surface area contributed by atoms with E-state index in [0.717, 1.165) is 0 Å². The average Bonchev–Trinajstić information content (AvgIpc) is 3.43. The van der Waals surface area contributed by atoms with Crippen molar-refractivity contribution in [2.24, 2.45) is 0 Å². The number of aryl methyl sites for hydroxylation is 1. The maximum absolute atomic E-state index is 2.54. The molecule has 2 aliphatic carbocycles. The number of rotatable bonds is 0. The highest BCUT2D eigenvalue weighted by atomic mass is 14.5. The Hall–Kier alpha value is -4.68. The predicted octanol–water partition coefficient (Wildman–Crippen LogP) is 9.80. The molecule has 0 unspecified atom stereocenters. The summed E-state index contributed by atoms with van der Waals surface area (Å²) < 4.78 is 0. The van der Waals surface area contributed by atoms with Crippen LogP contribution < -0.4 is 0 Å². The first-order valence-corrected chi connectivity index (χ1v) is 13.5. The molecule has 0 saturated carbocycles. The number of hydrogen-bond donors (Lipinski definition) is 0. The minimum absolute atomic E-state index is 0.310. The van der Waals surface area contributed by atoms with Crippen molar-refractivity contribution in [2.75, 3.05) is 0 Å². The largest absolute Gasteiger partial charge is 0.0725 e. The molecule has 0 atom stereocenters. The van der Waals surface area contributed by atoms with Crippen molar-refractivity contribution in [3.05, 3.63) is 155 Å². The predicted molar refractivity (Wildman–Crippen MR) is 160 cm³/mol.